The van der Waals surface area contributed by atoms with E-state index in [2.05, 4.69) is 15.4 Å². The highest BCUT2D eigenvalue weighted by Crippen LogP contribution is 2.11. The quantitative estimate of drug-likeness (QED) is 0.753. The largest absolute Gasteiger partial charge is 0.382 e. The molecule has 0 fully saturated rings. The molecular weight excluding hydrogens is 245 g/mol. The second-order valence-corrected chi connectivity index (χ2v) is 4.15. The van der Waals surface area contributed by atoms with Crippen LogP contribution in [0.5, 0.6) is 0 Å². The molecule has 0 atom stereocenters. The molecule has 0 aliphatic rings. The Morgan fingerprint density at radius 3 is 2.74 bits per heavy atom. The molecule has 0 aliphatic heterocycles. The van der Waals surface area contributed by atoms with Crippen LogP contribution in [-0.2, 0) is 6.54 Å². The Labute approximate surface area is 108 Å². The van der Waals surface area contributed by atoms with Crippen LogP contribution in [0.25, 0.3) is 5.65 Å². The van der Waals surface area contributed by atoms with E-state index in [9.17, 15) is 4.39 Å². The minimum atomic E-state index is -0.241. The van der Waals surface area contributed by atoms with Crippen molar-refractivity contribution >= 4 is 17.3 Å². The fourth-order valence-corrected chi connectivity index (χ4v) is 1.78. The fourth-order valence-electron chi connectivity index (χ4n) is 1.78. The third-order valence-electron chi connectivity index (χ3n) is 2.78. The molecule has 19 heavy (non-hydrogen) atoms. The number of benzene rings is 1. The first kappa shape index (κ1) is 11.5. The van der Waals surface area contributed by atoms with Crippen LogP contribution in [-0.4, -0.2) is 14.6 Å². The average Bonchev–Trinajstić information content (AvgIpc) is 2.80. The molecule has 3 aromatic rings. The van der Waals surface area contributed by atoms with Crippen LogP contribution in [0.2, 0.25) is 0 Å². The molecular formula is C13H12FN5. The van der Waals surface area contributed by atoms with E-state index in [0.29, 0.717) is 23.8 Å². The highest BCUT2D eigenvalue weighted by molar-refractivity contribution is 5.50. The smallest absolute Gasteiger partial charge is 0.156 e. The summed E-state index contributed by atoms with van der Waals surface area (Å²) < 4.78 is 14.3. The predicted molar refractivity (Wildman–Crippen MR) is 71.1 cm³/mol. The van der Waals surface area contributed by atoms with Gasteiger partial charge in [-0.05, 0) is 29.8 Å². The Kier molecular flexibility index (Phi) is 2.75. The zero-order valence-electron chi connectivity index (χ0n) is 10.0. The lowest BCUT2D eigenvalue weighted by atomic mass is 10.2. The monoisotopic (exact) mass is 257 g/mol. The van der Waals surface area contributed by atoms with Gasteiger partial charge >= 0.3 is 0 Å². The summed E-state index contributed by atoms with van der Waals surface area (Å²) >= 11 is 0. The molecule has 3 N–H and O–H groups in total. The van der Waals surface area contributed by atoms with Gasteiger partial charge in [-0.15, -0.1) is 5.10 Å². The number of hydrogen-bond acceptors (Lipinski definition) is 4. The molecule has 6 heteroatoms. The number of halogens is 1. The van der Waals surface area contributed by atoms with Crippen LogP contribution in [0.3, 0.4) is 0 Å². The standard InChI is InChI=1S/C13H12FN5/c14-10-3-1-9(2-4-10)7-16-12-5-6-13-17-8-11(15)19(13)18-12/h1-6,8H,7,15H2,(H,16,18). The first-order chi connectivity index (χ1) is 9.22. The number of nitrogens with one attached hydrogen (secondary N) is 1. The Morgan fingerprint density at radius 1 is 1.16 bits per heavy atom. The maximum absolute atomic E-state index is 12.8. The molecule has 1 aromatic carbocycles. The van der Waals surface area contributed by atoms with Crippen molar-refractivity contribution in [1.29, 1.82) is 0 Å². The van der Waals surface area contributed by atoms with Crippen LogP contribution < -0.4 is 11.1 Å². The summed E-state index contributed by atoms with van der Waals surface area (Å²) in [6.07, 6.45) is 1.56. The SMILES string of the molecule is Nc1cnc2ccc(NCc3ccc(F)cc3)nn12. The number of anilines is 2. The number of imidazole rings is 1. The second-order valence-electron chi connectivity index (χ2n) is 4.15. The zero-order valence-corrected chi connectivity index (χ0v) is 10.0. The maximum atomic E-state index is 12.8. The maximum Gasteiger partial charge on any atom is 0.156 e. The van der Waals surface area contributed by atoms with E-state index in [-0.39, 0.29) is 5.82 Å². The number of nitrogens with zero attached hydrogens (tertiary/aromatic N) is 3. The number of aromatic nitrogens is 3. The molecule has 0 amide bonds. The highest BCUT2D eigenvalue weighted by atomic mass is 19.1. The minimum absolute atomic E-state index is 0.241. The van der Waals surface area contributed by atoms with E-state index in [1.165, 1.54) is 12.1 Å². The van der Waals surface area contributed by atoms with Gasteiger partial charge in [0.1, 0.15) is 17.5 Å². The van der Waals surface area contributed by atoms with Crippen molar-refractivity contribution < 1.29 is 4.39 Å². The molecule has 0 spiro atoms. The van der Waals surface area contributed by atoms with Gasteiger partial charge in [-0.2, -0.15) is 4.52 Å². The number of fused-ring (bicyclic) bond motifs is 1. The summed E-state index contributed by atoms with van der Waals surface area (Å²) in [5.74, 6) is 0.927. The molecule has 0 unspecified atom stereocenters. The van der Waals surface area contributed by atoms with E-state index in [0.717, 1.165) is 5.56 Å². The average molecular weight is 257 g/mol. The first-order valence-electron chi connectivity index (χ1n) is 5.81. The van der Waals surface area contributed by atoms with E-state index in [4.69, 9.17) is 5.73 Å². The summed E-state index contributed by atoms with van der Waals surface area (Å²) in [6, 6.07) is 9.98. The normalized spacial score (nSPS) is 10.8. The third-order valence-corrected chi connectivity index (χ3v) is 2.78. The van der Waals surface area contributed by atoms with E-state index in [1.54, 1.807) is 22.8 Å². The number of rotatable bonds is 3. The molecule has 96 valence electrons. The molecule has 3 rings (SSSR count). The molecule has 0 bridgehead atoms. The second kappa shape index (κ2) is 4.56. The van der Waals surface area contributed by atoms with Gasteiger partial charge in [0, 0.05) is 6.54 Å². The summed E-state index contributed by atoms with van der Waals surface area (Å²) in [5.41, 5.74) is 7.41. The Balaban J connectivity index is 1.77. The van der Waals surface area contributed by atoms with E-state index in [1.807, 2.05) is 12.1 Å². The molecule has 0 aliphatic carbocycles. The van der Waals surface area contributed by atoms with Crippen molar-refractivity contribution in [2.45, 2.75) is 6.54 Å². The van der Waals surface area contributed by atoms with Crippen LogP contribution >= 0.6 is 0 Å². The van der Waals surface area contributed by atoms with E-state index >= 15 is 0 Å². The van der Waals surface area contributed by atoms with Gasteiger partial charge in [-0.25, -0.2) is 9.37 Å². The zero-order chi connectivity index (χ0) is 13.2. The Morgan fingerprint density at radius 2 is 1.95 bits per heavy atom. The topological polar surface area (TPSA) is 68.2 Å². The van der Waals surface area contributed by atoms with Gasteiger partial charge in [0.05, 0.1) is 6.20 Å². The van der Waals surface area contributed by atoms with Crippen molar-refractivity contribution in [2.24, 2.45) is 0 Å². The fraction of sp³-hybridized carbons (Fsp3) is 0.0769. The minimum Gasteiger partial charge on any atom is -0.382 e. The van der Waals surface area contributed by atoms with Gasteiger partial charge in [0.15, 0.2) is 5.65 Å². The molecule has 0 saturated heterocycles. The lowest BCUT2D eigenvalue weighted by Crippen LogP contribution is -2.05. The number of nitrogen functional groups attached to an aromatic ring is 1. The van der Waals surface area contributed by atoms with Crippen molar-refractivity contribution in [2.75, 3.05) is 11.1 Å². The van der Waals surface area contributed by atoms with Crippen LogP contribution in [0, 0.1) is 5.82 Å². The van der Waals surface area contributed by atoms with Gasteiger partial charge < -0.3 is 11.1 Å². The predicted octanol–water partition coefficient (Wildman–Crippen LogP) is 2.06. The number of nitrogens with two attached hydrogens (primary N) is 1. The highest BCUT2D eigenvalue weighted by Gasteiger charge is 2.02. The third kappa shape index (κ3) is 2.33. The lowest BCUT2D eigenvalue weighted by molar-refractivity contribution is 0.627. The summed E-state index contributed by atoms with van der Waals surface area (Å²) in [5, 5.41) is 7.46. The molecule has 5 nitrogen and oxygen atoms in total. The first-order valence-corrected chi connectivity index (χ1v) is 5.81. The van der Waals surface area contributed by atoms with Crippen LogP contribution in [0.1, 0.15) is 5.56 Å². The lowest BCUT2D eigenvalue weighted by Gasteiger charge is -2.06. The Bertz CT molecular complexity index is 705. The van der Waals surface area contributed by atoms with Crippen LogP contribution in [0.4, 0.5) is 16.0 Å². The van der Waals surface area contributed by atoms with Gasteiger partial charge in [-0.1, -0.05) is 12.1 Å². The van der Waals surface area contributed by atoms with Crippen molar-refractivity contribution in [3.63, 3.8) is 0 Å². The molecule has 0 saturated carbocycles. The molecule has 2 aromatic heterocycles. The van der Waals surface area contributed by atoms with Gasteiger partial charge in [0.2, 0.25) is 0 Å². The summed E-state index contributed by atoms with van der Waals surface area (Å²) in [7, 11) is 0. The summed E-state index contributed by atoms with van der Waals surface area (Å²) in [4.78, 5) is 4.09. The van der Waals surface area contributed by atoms with Gasteiger partial charge in [0.25, 0.3) is 0 Å². The summed E-state index contributed by atoms with van der Waals surface area (Å²) in [6.45, 7) is 0.563. The number of hydrogen-bond donors (Lipinski definition) is 2. The Hall–Kier alpha value is -2.63. The molecule has 2 heterocycles. The van der Waals surface area contributed by atoms with E-state index < -0.39 is 0 Å². The van der Waals surface area contributed by atoms with Crippen molar-refractivity contribution in [1.82, 2.24) is 14.6 Å². The van der Waals surface area contributed by atoms with Crippen LogP contribution in [0.15, 0.2) is 42.6 Å². The van der Waals surface area contributed by atoms with Crippen molar-refractivity contribution in [3.05, 3.63) is 54.0 Å². The molecule has 0 radical (unpaired) electrons. The van der Waals surface area contributed by atoms with Crippen molar-refractivity contribution in [3.8, 4) is 0 Å². The van der Waals surface area contributed by atoms with Gasteiger partial charge in [-0.3, -0.25) is 0 Å².